The van der Waals surface area contributed by atoms with Crippen molar-refractivity contribution in [2.24, 2.45) is 0 Å². The van der Waals surface area contributed by atoms with Crippen LogP contribution in [0, 0.1) is 0 Å². The van der Waals surface area contributed by atoms with Crippen LogP contribution in [0.25, 0.3) is 0 Å². The maximum atomic E-state index is 11.5. The molecule has 0 aliphatic carbocycles. The van der Waals surface area contributed by atoms with Crippen LogP contribution in [0.2, 0.25) is 10.6 Å². The molecule has 0 aliphatic rings. The molecule has 0 radical (unpaired) electrons. The molecule has 0 saturated carbocycles. The average molecular weight is 259 g/mol. The fourth-order valence-electron chi connectivity index (χ4n) is 0.907. The molecule has 0 aromatic carbocycles. The molecule has 7 nitrogen and oxygen atoms in total. The Morgan fingerprint density at radius 3 is 2.56 bits per heavy atom. The first-order chi connectivity index (χ1) is 7.65. The van der Waals surface area contributed by atoms with Gasteiger partial charge in [-0.05, 0) is 23.2 Å². The number of rotatable bonds is 2. The molecular weight excluding hydrogens is 255 g/mol. The lowest BCUT2D eigenvalue weighted by atomic mass is 10.5. The van der Waals surface area contributed by atoms with E-state index in [1.165, 1.54) is 12.4 Å². The standard InChI is InChI=1S/C7H4Cl2N6O/c8-6-10-1-3(2-11-6)12-5(16)4-13-7(9)15-14-4/h1-2H,(H,12,16)(H,13,14,15). The van der Waals surface area contributed by atoms with Crippen molar-refractivity contribution in [3.8, 4) is 0 Å². The summed E-state index contributed by atoms with van der Waals surface area (Å²) in [6.07, 6.45) is 2.73. The van der Waals surface area contributed by atoms with E-state index in [0.29, 0.717) is 5.69 Å². The van der Waals surface area contributed by atoms with Crippen molar-refractivity contribution < 1.29 is 4.79 Å². The number of carbonyl (C=O) groups is 1. The minimum absolute atomic E-state index is 0.0394. The molecule has 0 fully saturated rings. The van der Waals surface area contributed by atoms with Gasteiger partial charge in [0.15, 0.2) is 0 Å². The van der Waals surface area contributed by atoms with Crippen molar-refractivity contribution in [1.82, 2.24) is 25.1 Å². The van der Waals surface area contributed by atoms with Crippen molar-refractivity contribution >= 4 is 34.8 Å². The molecule has 82 valence electrons. The summed E-state index contributed by atoms with van der Waals surface area (Å²) in [5, 5.41) is 8.53. The highest BCUT2D eigenvalue weighted by Crippen LogP contribution is 2.07. The Morgan fingerprint density at radius 1 is 1.31 bits per heavy atom. The normalized spacial score (nSPS) is 10.1. The Morgan fingerprint density at radius 2 is 2.00 bits per heavy atom. The highest BCUT2D eigenvalue weighted by molar-refractivity contribution is 6.28. The van der Waals surface area contributed by atoms with Crippen molar-refractivity contribution in [2.75, 3.05) is 5.32 Å². The molecule has 0 spiro atoms. The van der Waals surface area contributed by atoms with Crippen LogP contribution in [0.5, 0.6) is 0 Å². The lowest BCUT2D eigenvalue weighted by Gasteiger charge is -2.00. The molecule has 0 unspecified atom stereocenters. The second-order valence-electron chi connectivity index (χ2n) is 2.64. The topological polar surface area (TPSA) is 96.5 Å². The number of nitrogens with one attached hydrogen (secondary N) is 2. The molecule has 0 bridgehead atoms. The lowest BCUT2D eigenvalue weighted by molar-refractivity contribution is 0.101. The predicted molar refractivity (Wildman–Crippen MR) is 56.4 cm³/mol. The Kier molecular flexibility index (Phi) is 2.97. The number of aromatic amines is 1. The second-order valence-corrected chi connectivity index (χ2v) is 3.34. The monoisotopic (exact) mass is 258 g/mol. The van der Waals surface area contributed by atoms with Gasteiger partial charge in [0.1, 0.15) is 0 Å². The molecule has 2 aromatic rings. The first-order valence-corrected chi connectivity index (χ1v) is 4.77. The van der Waals surface area contributed by atoms with E-state index in [1.54, 1.807) is 0 Å². The zero-order valence-electron chi connectivity index (χ0n) is 7.61. The quantitative estimate of drug-likeness (QED) is 0.788. The second kappa shape index (κ2) is 4.42. The molecule has 0 saturated heterocycles. The molecule has 9 heteroatoms. The van der Waals surface area contributed by atoms with Crippen LogP contribution in [0.4, 0.5) is 5.69 Å². The van der Waals surface area contributed by atoms with Gasteiger partial charge in [-0.25, -0.2) is 15.1 Å². The Balaban J connectivity index is 2.10. The van der Waals surface area contributed by atoms with Gasteiger partial charge in [-0.15, -0.1) is 5.10 Å². The number of nitrogens with zero attached hydrogens (tertiary/aromatic N) is 4. The first kappa shape index (κ1) is 10.8. The van der Waals surface area contributed by atoms with Gasteiger partial charge in [0.2, 0.25) is 16.4 Å². The summed E-state index contributed by atoms with van der Waals surface area (Å²) in [5.74, 6) is -0.589. The van der Waals surface area contributed by atoms with E-state index in [1.807, 2.05) is 0 Å². The minimum atomic E-state index is -0.519. The first-order valence-electron chi connectivity index (χ1n) is 4.02. The number of aromatic nitrogens is 5. The number of amides is 1. The Hall–Kier alpha value is -1.73. The summed E-state index contributed by atoms with van der Waals surface area (Å²) in [6, 6.07) is 0. The number of hydrogen-bond donors (Lipinski definition) is 2. The predicted octanol–water partition coefficient (Wildman–Crippen LogP) is 1.15. The molecule has 0 atom stereocenters. The largest absolute Gasteiger partial charge is 0.317 e. The minimum Gasteiger partial charge on any atom is -0.317 e. The molecule has 2 heterocycles. The number of carbonyl (C=O) groups excluding carboxylic acids is 1. The van der Waals surface area contributed by atoms with Gasteiger partial charge in [-0.1, -0.05) is 0 Å². The summed E-state index contributed by atoms with van der Waals surface area (Å²) < 4.78 is 0. The van der Waals surface area contributed by atoms with E-state index >= 15 is 0 Å². The average Bonchev–Trinajstić information content (AvgIpc) is 2.68. The summed E-state index contributed by atoms with van der Waals surface area (Å²) in [5.41, 5.74) is 0.385. The van der Waals surface area contributed by atoms with Crippen LogP contribution in [0.15, 0.2) is 12.4 Å². The van der Waals surface area contributed by atoms with Crippen molar-refractivity contribution in [1.29, 1.82) is 0 Å². The molecule has 16 heavy (non-hydrogen) atoms. The van der Waals surface area contributed by atoms with Gasteiger partial charge in [0.25, 0.3) is 5.91 Å². The molecule has 2 rings (SSSR count). The van der Waals surface area contributed by atoms with Gasteiger partial charge in [-0.3, -0.25) is 4.79 Å². The van der Waals surface area contributed by atoms with E-state index in [4.69, 9.17) is 23.2 Å². The van der Waals surface area contributed by atoms with Crippen LogP contribution in [-0.2, 0) is 0 Å². The van der Waals surface area contributed by atoms with Gasteiger partial charge < -0.3 is 5.32 Å². The van der Waals surface area contributed by atoms with Crippen LogP contribution in [0.1, 0.15) is 10.6 Å². The molecular formula is C7H4Cl2N6O. The number of H-pyrrole nitrogens is 1. The maximum absolute atomic E-state index is 11.5. The molecule has 2 N–H and O–H groups in total. The van der Waals surface area contributed by atoms with Gasteiger partial charge in [0.05, 0.1) is 18.1 Å². The van der Waals surface area contributed by atoms with Crippen LogP contribution >= 0.6 is 23.2 Å². The van der Waals surface area contributed by atoms with Crippen molar-refractivity contribution in [3.63, 3.8) is 0 Å². The lowest BCUT2D eigenvalue weighted by Crippen LogP contribution is -2.14. The summed E-state index contributed by atoms with van der Waals surface area (Å²) in [7, 11) is 0. The Bertz CT molecular complexity index is 510. The molecule has 0 aliphatic heterocycles. The van der Waals surface area contributed by atoms with E-state index in [9.17, 15) is 4.79 Å². The third-order valence-corrected chi connectivity index (χ3v) is 1.90. The van der Waals surface area contributed by atoms with E-state index < -0.39 is 5.91 Å². The number of halogens is 2. The SMILES string of the molecule is O=C(Nc1cnc(Cl)nc1)c1n[nH]c(Cl)n1. The van der Waals surface area contributed by atoms with E-state index in [2.05, 4.69) is 30.5 Å². The maximum Gasteiger partial charge on any atom is 0.295 e. The number of anilines is 1. The summed E-state index contributed by atoms with van der Waals surface area (Å²) in [4.78, 5) is 22.5. The third kappa shape index (κ3) is 2.44. The van der Waals surface area contributed by atoms with Crippen LogP contribution < -0.4 is 5.32 Å². The van der Waals surface area contributed by atoms with E-state index in [0.717, 1.165) is 0 Å². The van der Waals surface area contributed by atoms with Gasteiger partial charge in [0, 0.05) is 0 Å². The van der Waals surface area contributed by atoms with Gasteiger partial charge in [-0.2, -0.15) is 4.98 Å². The van der Waals surface area contributed by atoms with E-state index in [-0.39, 0.29) is 16.4 Å². The van der Waals surface area contributed by atoms with Crippen molar-refractivity contribution in [2.45, 2.75) is 0 Å². The van der Waals surface area contributed by atoms with Crippen LogP contribution in [0.3, 0.4) is 0 Å². The van der Waals surface area contributed by atoms with Crippen molar-refractivity contribution in [3.05, 3.63) is 28.8 Å². The highest BCUT2D eigenvalue weighted by atomic mass is 35.5. The highest BCUT2D eigenvalue weighted by Gasteiger charge is 2.12. The summed E-state index contributed by atoms with van der Waals surface area (Å²) in [6.45, 7) is 0. The number of hydrogen-bond acceptors (Lipinski definition) is 5. The summed E-state index contributed by atoms with van der Waals surface area (Å²) >= 11 is 11.0. The van der Waals surface area contributed by atoms with Crippen LogP contribution in [-0.4, -0.2) is 31.1 Å². The zero-order valence-corrected chi connectivity index (χ0v) is 9.12. The fraction of sp³-hybridized carbons (Fsp3) is 0. The smallest absolute Gasteiger partial charge is 0.295 e. The zero-order chi connectivity index (χ0) is 11.5. The molecule has 2 aromatic heterocycles. The Labute approximate surface area is 99.2 Å². The third-order valence-electron chi connectivity index (χ3n) is 1.54. The fourth-order valence-corrected chi connectivity index (χ4v) is 1.13. The molecule has 1 amide bonds. The van der Waals surface area contributed by atoms with Gasteiger partial charge >= 0.3 is 0 Å².